The van der Waals surface area contributed by atoms with E-state index in [1.165, 1.54) is 0 Å². The lowest BCUT2D eigenvalue weighted by Gasteiger charge is -2.34. The fourth-order valence-corrected chi connectivity index (χ4v) is 2.65. The lowest BCUT2D eigenvalue weighted by molar-refractivity contribution is -0.130. The summed E-state index contributed by atoms with van der Waals surface area (Å²) in [6, 6.07) is 6.73. The molecule has 1 fully saturated rings. The lowest BCUT2D eigenvalue weighted by Crippen LogP contribution is -2.57. The first-order chi connectivity index (χ1) is 10.7. The van der Waals surface area contributed by atoms with Crippen LogP contribution in [0.5, 0.6) is 0 Å². The molecule has 0 spiro atoms. The fraction of sp³-hybridized carbons (Fsp3) is 0.556. The molecule has 23 heavy (non-hydrogen) atoms. The third kappa shape index (κ3) is 4.10. The van der Waals surface area contributed by atoms with Crippen molar-refractivity contribution >= 4 is 17.5 Å². The Hall–Kier alpha value is -1.88. The Labute approximate surface area is 138 Å². The summed E-state index contributed by atoms with van der Waals surface area (Å²) in [6.45, 7) is 8.44. The standard InChI is InChI=1S/C18H27N3O2/c1-12-7-9-13(10-8-12)21-11-5-6-14(17(21)23)20-16(22)15(19)18(2,3)4/h7-10,14-15H,5-6,11,19H2,1-4H3,(H,20,22)/t14?,15-/m1/s1. The number of amides is 2. The van der Waals surface area contributed by atoms with Crippen LogP contribution in [-0.2, 0) is 9.59 Å². The minimum absolute atomic E-state index is 0.0606. The third-order valence-corrected chi connectivity index (χ3v) is 4.32. The van der Waals surface area contributed by atoms with Gasteiger partial charge in [-0.15, -0.1) is 0 Å². The Morgan fingerprint density at radius 3 is 2.48 bits per heavy atom. The highest BCUT2D eigenvalue weighted by atomic mass is 16.2. The van der Waals surface area contributed by atoms with E-state index >= 15 is 0 Å². The van der Waals surface area contributed by atoms with Crippen LogP contribution >= 0.6 is 0 Å². The Balaban J connectivity index is 2.08. The van der Waals surface area contributed by atoms with Gasteiger partial charge >= 0.3 is 0 Å². The zero-order valence-electron chi connectivity index (χ0n) is 14.4. The van der Waals surface area contributed by atoms with E-state index in [4.69, 9.17) is 5.73 Å². The van der Waals surface area contributed by atoms with Crippen LogP contribution in [0.2, 0.25) is 0 Å². The number of carbonyl (C=O) groups is 2. The molecule has 0 bridgehead atoms. The van der Waals surface area contributed by atoms with Gasteiger partial charge in [0.25, 0.3) is 0 Å². The van der Waals surface area contributed by atoms with Gasteiger partial charge in [0.05, 0.1) is 6.04 Å². The van der Waals surface area contributed by atoms with Gasteiger partial charge in [-0.3, -0.25) is 9.59 Å². The van der Waals surface area contributed by atoms with Crippen molar-refractivity contribution in [2.24, 2.45) is 11.1 Å². The number of aryl methyl sites for hydroxylation is 1. The third-order valence-electron chi connectivity index (χ3n) is 4.32. The number of piperidine rings is 1. The monoisotopic (exact) mass is 317 g/mol. The Morgan fingerprint density at radius 1 is 1.30 bits per heavy atom. The fourth-order valence-electron chi connectivity index (χ4n) is 2.65. The van der Waals surface area contributed by atoms with Crippen LogP contribution in [0.15, 0.2) is 24.3 Å². The number of nitrogens with one attached hydrogen (secondary N) is 1. The molecule has 5 heteroatoms. The van der Waals surface area contributed by atoms with Crippen LogP contribution in [-0.4, -0.2) is 30.4 Å². The highest BCUT2D eigenvalue weighted by Gasteiger charge is 2.34. The summed E-state index contributed by atoms with van der Waals surface area (Å²) in [4.78, 5) is 26.7. The summed E-state index contributed by atoms with van der Waals surface area (Å²) in [5, 5.41) is 2.83. The average molecular weight is 317 g/mol. The molecule has 1 unspecified atom stereocenters. The van der Waals surface area contributed by atoms with Crippen LogP contribution in [0.4, 0.5) is 5.69 Å². The lowest BCUT2D eigenvalue weighted by atomic mass is 9.86. The molecule has 1 aliphatic heterocycles. The van der Waals surface area contributed by atoms with Crippen LogP contribution in [0.3, 0.4) is 0 Å². The van der Waals surface area contributed by atoms with Crippen LogP contribution in [0.25, 0.3) is 0 Å². The van der Waals surface area contributed by atoms with E-state index in [0.29, 0.717) is 13.0 Å². The minimum Gasteiger partial charge on any atom is -0.343 e. The number of nitrogens with zero attached hydrogens (tertiary/aromatic N) is 1. The molecule has 1 heterocycles. The SMILES string of the molecule is Cc1ccc(N2CCCC(NC(=O)[C@@H](N)C(C)(C)C)C2=O)cc1. The van der Waals surface area contributed by atoms with Gasteiger partial charge in [-0.2, -0.15) is 0 Å². The smallest absolute Gasteiger partial charge is 0.249 e. The van der Waals surface area contributed by atoms with E-state index in [9.17, 15) is 9.59 Å². The van der Waals surface area contributed by atoms with Crippen molar-refractivity contribution in [2.45, 2.75) is 52.6 Å². The van der Waals surface area contributed by atoms with Gasteiger partial charge < -0.3 is 16.0 Å². The summed E-state index contributed by atoms with van der Waals surface area (Å²) < 4.78 is 0. The van der Waals surface area contributed by atoms with Crippen molar-refractivity contribution in [3.05, 3.63) is 29.8 Å². The quantitative estimate of drug-likeness (QED) is 0.895. The van der Waals surface area contributed by atoms with Gasteiger partial charge in [-0.1, -0.05) is 38.5 Å². The number of nitrogens with two attached hydrogens (primary N) is 1. The predicted octanol–water partition coefficient (Wildman–Crippen LogP) is 1.98. The number of hydrogen-bond donors (Lipinski definition) is 2. The zero-order chi connectivity index (χ0) is 17.2. The van der Waals surface area contributed by atoms with E-state index in [1.54, 1.807) is 4.90 Å². The summed E-state index contributed by atoms with van der Waals surface area (Å²) in [5.41, 5.74) is 7.67. The maximum Gasteiger partial charge on any atom is 0.249 e. The molecule has 126 valence electrons. The summed E-state index contributed by atoms with van der Waals surface area (Å²) in [6.07, 6.45) is 1.51. The van der Waals surface area contributed by atoms with Crippen molar-refractivity contribution in [1.29, 1.82) is 0 Å². The van der Waals surface area contributed by atoms with Gasteiger partial charge in [0, 0.05) is 12.2 Å². The van der Waals surface area contributed by atoms with Crippen LogP contribution < -0.4 is 16.0 Å². The Bertz CT molecular complexity index is 575. The first-order valence-corrected chi connectivity index (χ1v) is 8.14. The van der Waals surface area contributed by atoms with Crippen molar-refractivity contribution in [1.82, 2.24) is 5.32 Å². The van der Waals surface area contributed by atoms with Gasteiger partial charge in [-0.05, 0) is 37.3 Å². The normalized spacial score (nSPS) is 20.3. The van der Waals surface area contributed by atoms with E-state index in [0.717, 1.165) is 17.7 Å². The molecule has 1 saturated heterocycles. The van der Waals surface area contributed by atoms with Crippen molar-refractivity contribution in [3.63, 3.8) is 0 Å². The second kappa shape index (κ2) is 6.71. The molecule has 0 saturated carbocycles. The van der Waals surface area contributed by atoms with Crippen LogP contribution in [0, 0.1) is 12.3 Å². The molecule has 0 aromatic heterocycles. The molecule has 0 aliphatic carbocycles. The maximum absolute atomic E-state index is 12.7. The molecule has 2 amide bonds. The summed E-state index contributed by atoms with van der Waals surface area (Å²) in [5.74, 6) is -0.323. The number of hydrogen-bond acceptors (Lipinski definition) is 3. The summed E-state index contributed by atoms with van der Waals surface area (Å²) >= 11 is 0. The maximum atomic E-state index is 12.7. The molecular formula is C18H27N3O2. The van der Waals surface area contributed by atoms with Crippen molar-refractivity contribution < 1.29 is 9.59 Å². The number of benzene rings is 1. The molecule has 1 aromatic carbocycles. The average Bonchev–Trinajstić information content (AvgIpc) is 2.48. The number of rotatable bonds is 3. The highest BCUT2D eigenvalue weighted by molar-refractivity contribution is 6.00. The Kier molecular flexibility index (Phi) is 5.09. The summed E-state index contributed by atoms with van der Waals surface area (Å²) in [7, 11) is 0. The topological polar surface area (TPSA) is 75.4 Å². The zero-order valence-corrected chi connectivity index (χ0v) is 14.4. The molecule has 2 rings (SSSR count). The second-order valence-electron chi connectivity index (χ2n) is 7.37. The van der Waals surface area contributed by atoms with E-state index in [2.05, 4.69) is 5.32 Å². The van der Waals surface area contributed by atoms with Gasteiger partial charge in [0.1, 0.15) is 6.04 Å². The van der Waals surface area contributed by atoms with E-state index < -0.39 is 12.1 Å². The molecule has 1 aliphatic rings. The number of anilines is 1. The largest absolute Gasteiger partial charge is 0.343 e. The molecule has 1 aromatic rings. The second-order valence-corrected chi connectivity index (χ2v) is 7.37. The molecule has 2 atom stereocenters. The molecular weight excluding hydrogens is 290 g/mol. The first kappa shape index (κ1) is 17.5. The molecule has 0 radical (unpaired) electrons. The first-order valence-electron chi connectivity index (χ1n) is 8.14. The minimum atomic E-state index is -0.634. The van der Waals surface area contributed by atoms with Crippen molar-refractivity contribution in [3.8, 4) is 0 Å². The Morgan fingerprint density at radius 2 is 1.91 bits per heavy atom. The van der Waals surface area contributed by atoms with Crippen LogP contribution in [0.1, 0.15) is 39.2 Å². The highest BCUT2D eigenvalue weighted by Crippen LogP contribution is 2.22. The predicted molar refractivity (Wildman–Crippen MR) is 92.1 cm³/mol. The molecule has 5 nitrogen and oxygen atoms in total. The van der Waals surface area contributed by atoms with Gasteiger partial charge in [0.15, 0.2) is 0 Å². The van der Waals surface area contributed by atoms with E-state index in [1.807, 2.05) is 52.0 Å². The molecule has 3 N–H and O–H groups in total. The van der Waals surface area contributed by atoms with Gasteiger partial charge in [0.2, 0.25) is 11.8 Å². The number of carbonyl (C=O) groups excluding carboxylic acids is 2. The van der Waals surface area contributed by atoms with E-state index in [-0.39, 0.29) is 17.2 Å². The van der Waals surface area contributed by atoms with Gasteiger partial charge in [-0.25, -0.2) is 0 Å². The van der Waals surface area contributed by atoms with Crippen molar-refractivity contribution in [2.75, 3.05) is 11.4 Å².